The molecule has 1 saturated carbocycles. The molecule has 2 amide bonds. The van der Waals surface area contributed by atoms with Crippen LogP contribution in [0.5, 0.6) is 5.75 Å². The van der Waals surface area contributed by atoms with E-state index in [-0.39, 0.29) is 24.4 Å². The van der Waals surface area contributed by atoms with Gasteiger partial charge in [0.25, 0.3) is 5.91 Å². The molecule has 0 atom stereocenters. The number of carbonyl (C=O) groups is 2. The second kappa shape index (κ2) is 9.46. The van der Waals surface area contributed by atoms with Gasteiger partial charge < -0.3 is 20.7 Å². The van der Waals surface area contributed by atoms with E-state index in [0.717, 1.165) is 25.7 Å². The molecule has 7 heteroatoms. The van der Waals surface area contributed by atoms with Crippen LogP contribution in [-0.4, -0.2) is 31.5 Å². The van der Waals surface area contributed by atoms with Crippen LogP contribution >= 0.6 is 11.6 Å². The lowest BCUT2D eigenvalue weighted by atomic mass is 10.1. The predicted octanol–water partition coefficient (Wildman–Crippen LogP) is 4.07. The van der Waals surface area contributed by atoms with Gasteiger partial charge in [0.15, 0.2) is 0 Å². The molecule has 0 unspecified atom stereocenters. The fraction of sp³-hybridized carbons (Fsp3) is 0.333. The summed E-state index contributed by atoms with van der Waals surface area (Å²) in [7, 11) is 1.54. The van der Waals surface area contributed by atoms with Gasteiger partial charge in [0.1, 0.15) is 5.75 Å². The van der Waals surface area contributed by atoms with Crippen LogP contribution in [0.4, 0.5) is 11.4 Å². The van der Waals surface area contributed by atoms with Gasteiger partial charge in [0.2, 0.25) is 5.91 Å². The molecule has 0 spiro atoms. The normalized spacial score (nSPS) is 13.8. The van der Waals surface area contributed by atoms with E-state index in [1.165, 1.54) is 0 Å². The maximum Gasteiger partial charge on any atom is 0.253 e. The topological polar surface area (TPSA) is 79.5 Å². The Kier molecular flexibility index (Phi) is 6.76. The van der Waals surface area contributed by atoms with Gasteiger partial charge >= 0.3 is 0 Å². The monoisotopic (exact) mass is 401 g/mol. The fourth-order valence-corrected chi connectivity index (χ4v) is 3.53. The Bertz CT molecular complexity index is 851. The van der Waals surface area contributed by atoms with Crippen LogP contribution in [0, 0.1) is 0 Å². The number of para-hydroxylation sites is 1. The number of methoxy groups -OCH3 is 1. The first-order chi connectivity index (χ1) is 13.6. The molecule has 0 radical (unpaired) electrons. The van der Waals surface area contributed by atoms with E-state index in [9.17, 15) is 9.59 Å². The Morgan fingerprint density at radius 3 is 2.61 bits per heavy atom. The molecule has 0 bridgehead atoms. The number of rotatable bonds is 7. The summed E-state index contributed by atoms with van der Waals surface area (Å²) in [5.41, 5.74) is 1.67. The predicted molar refractivity (Wildman–Crippen MR) is 111 cm³/mol. The molecule has 0 saturated heterocycles. The van der Waals surface area contributed by atoms with Crippen LogP contribution in [0.15, 0.2) is 42.5 Å². The van der Waals surface area contributed by atoms with Gasteiger partial charge in [0.05, 0.1) is 29.9 Å². The number of carbonyl (C=O) groups excluding carboxylic acids is 2. The SMILES string of the molecule is COc1ccc(NCC(=O)Nc2ccccc2C(=O)NC2CCCC2)cc1Cl. The molecule has 0 heterocycles. The zero-order valence-electron chi connectivity index (χ0n) is 15.8. The van der Waals surface area contributed by atoms with Crippen molar-refractivity contribution < 1.29 is 14.3 Å². The highest BCUT2D eigenvalue weighted by molar-refractivity contribution is 6.32. The zero-order valence-corrected chi connectivity index (χ0v) is 16.5. The maximum absolute atomic E-state index is 12.6. The van der Waals surface area contributed by atoms with E-state index in [2.05, 4.69) is 16.0 Å². The number of nitrogens with one attached hydrogen (secondary N) is 3. The van der Waals surface area contributed by atoms with Gasteiger partial charge in [-0.25, -0.2) is 0 Å². The van der Waals surface area contributed by atoms with E-state index < -0.39 is 0 Å². The van der Waals surface area contributed by atoms with E-state index in [4.69, 9.17) is 16.3 Å². The molecule has 1 aliphatic carbocycles. The summed E-state index contributed by atoms with van der Waals surface area (Å²) in [6.07, 6.45) is 4.30. The number of amides is 2. The molecule has 148 valence electrons. The highest BCUT2D eigenvalue weighted by Crippen LogP contribution is 2.27. The van der Waals surface area contributed by atoms with Crippen LogP contribution in [-0.2, 0) is 4.79 Å². The first kappa shape index (κ1) is 20.0. The van der Waals surface area contributed by atoms with Crippen molar-refractivity contribution in [3.05, 3.63) is 53.1 Å². The third-order valence-electron chi connectivity index (χ3n) is 4.74. The lowest BCUT2D eigenvalue weighted by Gasteiger charge is -2.15. The summed E-state index contributed by atoms with van der Waals surface area (Å²) in [4.78, 5) is 24.9. The fourth-order valence-electron chi connectivity index (χ4n) is 3.28. The van der Waals surface area contributed by atoms with Crippen molar-refractivity contribution in [3.8, 4) is 5.75 Å². The average Bonchev–Trinajstić information content (AvgIpc) is 3.20. The minimum absolute atomic E-state index is 0.0429. The second-order valence-corrected chi connectivity index (χ2v) is 7.16. The third-order valence-corrected chi connectivity index (χ3v) is 5.04. The van der Waals surface area contributed by atoms with Gasteiger partial charge in [-0.1, -0.05) is 36.6 Å². The van der Waals surface area contributed by atoms with Gasteiger partial charge in [-0.05, 0) is 43.2 Å². The first-order valence-corrected chi connectivity index (χ1v) is 9.72. The van der Waals surface area contributed by atoms with Crippen LogP contribution in [0.2, 0.25) is 5.02 Å². The quantitative estimate of drug-likeness (QED) is 0.653. The average molecular weight is 402 g/mol. The minimum atomic E-state index is -0.256. The summed E-state index contributed by atoms with van der Waals surface area (Å²) < 4.78 is 5.11. The number of halogens is 1. The van der Waals surface area contributed by atoms with Crippen LogP contribution in [0.25, 0.3) is 0 Å². The van der Waals surface area contributed by atoms with Crippen LogP contribution < -0.4 is 20.7 Å². The molecule has 3 rings (SSSR count). The third kappa shape index (κ3) is 5.16. The van der Waals surface area contributed by atoms with Gasteiger partial charge in [-0.3, -0.25) is 9.59 Å². The molecular weight excluding hydrogens is 378 g/mol. The highest BCUT2D eigenvalue weighted by Gasteiger charge is 2.20. The number of ether oxygens (including phenoxy) is 1. The summed E-state index contributed by atoms with van der Waals surface area (Å²) >= 11 is 6.09. The highest BCUT2D eigenvalue weighted by atomic mass is 35.5. The largest absolute Gasteiger partial charge is 0.495 e. The van der Waals surface area contributed by atoms with Crippen LogP contribution in [0.1, 0.15) is 36.0 Å². The molecule has 0 aromatic heterocycles. The molecule has 3 N–H and O–H groups in total. The number of anilines is 2. The Hall–Kier alpha value is -2.73. The Morgan fingerprint density at radius 2 is 1.89 bits per heavy atom. The van der Waals surface area contributed by atoms with Crippen molar-refractivity contribution >= 4 is 34.8 Å². The number of hydrogen-bond donors (Lipinski definition) is 3. The molecule has 0 aliphatic heterocycles. The van der Waals surface area contributed by atoms with Crippen molar-refractivity contribution in [2.75, 3.05) is 24.3 Å². The van der Waals surface area contributed by atoms with Crippen molar-refractivity contribution in [2.45, 2.75) is 31.7 Å². The van der Waals surface area contributed by atoms with E-state index in [1.807, 2.05) is 0 Å². The van der Waals surface area contributed by atoms with Crippen molar-refractivity contribution in [1.29, 1.82) is 0 Å². The summed E-state index contributed by atoms with van der Waals surface area (Å²) in [6, 6.07) is 12.4. The minimum Gasteiger partial charge on any atom is -0.495 e. The molecule has 28 heavy (non-hydrogen) atoms. The van der Waals surface area contributed by atoms with E-state index >= 15 is 0 Å². The summed E-state index contributed by atoms with van der Waals surface area (Å²) in [5, 5.41) is 9.33. The molecule has 1 aliphatic rings. The maximum atomic E-state index is 12.6. The van der Waals surface area contributed by atoms with E-state index in [0.29, 0.717) is 27.7 Å². The zero-order chi connectivity index (χ0) is 19.9. The smallest absolute Gasteiger partial charge is 0.253 e. The van der Waals surface area contributed by atoms with Crippen molar-refractivity contribution in [3.63, 3.8) is 0 Å². The van der Waals surface area contributed by atoms with Crippen LogP contribution in [0.3, 0.4) is 0 Å². The molecule has 6 nitrogen and oxygen atoms in total. The Balaban J connectivity index is 1.59. The van der Waals surface area contributed by atoms with Gasteiger partial charge in [-0.15, -0.1) is 0 Å². The Morgan fingerprint density at radius 1 is 1.14 bits per heavy atom. The molecule has 2 aromatic carbocycles. The number of hydrogen-bond acceptors (Lipinski definition) is 4. The lowest BCUT2D eigenvalue weighted by Crippen LogP contribution is -2.33. The summed E-state index contributed by atoms with van der Waals surface area (Å²) in [5.74, 6) is 0.157. The van der Waals surface area contributed by atoms with Crippen molar-refractivity contribution in [1.82, 2.24) is 5.32 Å². The first-order valence-electron chi connectivity index (χ1n) is 9.34. The standard InChI is InChI=1S/C21H24ClN3O3/c1-28-19-11-10-15(12-17(19)22)23-13-20(26)25-18-9-5-4-8-16(18)21(27)24-14-6-2-3-7-14/h4-5,8-12,14,23H,2-3,6-7,13H2,1H3,(H,24,27)(H,25,26). The second-order valence-electron chi connectivity index (χ2n) is 6.75. The molecule has 2 aromatic rings. The molecule has 1 fully saturated rings. The summed E-state index contributed by atoms with van der Waals surface area (Å²) in [6.45, 7) is 0.0429. The van der Waals surface area contributed by atoms with Crippen molar-refractivity contribution in [2.24, 2.45) is 0 Å². The van der Waals surface area contributed by atoms with E-state index in [1.54, 1.807) is 49.6 Å². The van der Waals surface area contributed by atoms with Gasteiger partial charge in [-0.2, -0.15) is 0 Å². The lowest BCUT2D eigenvalue weighted by molar-refractivity contribution is -0.114. The number of benzene rings is 2. The van der Waals surface area contributed by atoms with Gasteiger partial charge in [0, 0.05) is 11.7 Å². The Labute approximate surface area is 169 Å². The molecular formula is C21H24ClN3O3.